The Morgan fingerprint density at radius 1 is 0.931 bits per heavy atom. The van der Waals surface area contributed by atoms with Crippen LogP contribution in [0.4, 0.5) is 0 Å². The Hall–Kier alpha value is -0.0188. The Balaban J connectivity index is 0. The van der Waals surface area contributed by atoms with E-state index in [0.29, 0.717) is 5.92 Å². The van der Waals surface area contributed by atoms with Gasteiger partial charge in [-0.15, -0.1) is 23.3 Å². The van der Waals surface area contributed by atoms with Crippen molar-refractivity contribution in [2.24, 2.45) is 0 Å². The molecule has 0 N–H and O–H groups in total. The maximum Gasteiger partial charge on any atom is 4.00 e. The minimum atomic E-state index is 0. The summed E-state index contributed by atoms with van der Waals surface area (Å²) in [5.74, 6) is 0.589. The van der Waals surface area contributed by atoms with E-state index >= 15 is 0 Å². The van der Waals surface area contributed by atoms with Crippen LogP contribution in [0.15, 0.2) is 35.9 Å². The number of aryl methyl sites for hydroxylation is 3. The first-order valence-electron chi connectivity index (χ1n) is 9.59. The summed E-state index contributed by atoms with van der Waals surface area (Å²) >= 11 is 0. The number of allylic oxidation sites excluding steroid dienone is 1. The van der Waals surface area contributed by atoms with E-state index in [1.165, 1.54) is 69.4 Å². The normalized spacial score (nSPS) is 13.8. The van der Waals surface area contributed by atoms with Gasteiger partial charge in [-0.3, -0.25) is 0 Å². The third-order valence-corrected chi connectivity index (χ3v) is 7.07. The molecule has 154 valence electrons. The third-order valence-electron chi connectivity index (χ3n) is 5.35. The average molecular weight is 500 g/mol. The van der Waals surface area contributed by atoms with Crippen LogP contribution in [0.2, 0.25) is 0 Å². The van der Waals surface area contributed by atoms with Crippen molar-refractivity contribution in [3.63, 3.8) is 0 Å². The molecule has 0 aromatic heterocycles. The van der Waals surface area contributed by atoms with Crippen LogP contribution in [-0.4, -0.2) is 9.52 Å². The number of fused-ring (bicyclic) bond motifs is 1. The summed E-state index contributed by atoms with van der Waals surface area (Å²) in [7, 11) is 0.719. The van der Waals surface area contributed by atoms with Crippen LogP contribution in [0.5, 0.6) is 0 Å². The molecule has 0 nitrogen and oxygen atoms in total. The van der Waals surface area contributed by atoms with E-state index in [9.17, 15) is 0 Å². The quantitative estimate of drug-likeness (QED) is 0.216. The Kier molecular flexibility index (Phi) is 15.2. The molecular formula is C24H29Cl3SiTi. The van der Waals surface area contributed by atoms with Gasteiger partial charge in [0.15, 0.2) is 0 Å². The second-order valence-corrected chi connectivity index (χ2v) is 8.81. The summed E-state index contributed by atoms with van der Waals surface area (Å²) in [4.78, 5) is 0. The van der Waals surface area contributed by atoms with Crippen molar-refractivity contribution < 1.29 is 58.9 Å². The van der Waals surface area contributed by atoms with E-state index in [0.717, 1.165) is 9.52 Å². The maximum absolute atomic E-state index is 3.74. The number of rotatable bonds is 6. The number of benzene rings is 2. The molecule has 5 heteroatoms. The number of hydrogen-bond acceptors (Lipinski definition) is 0. The molecule has 2 aromatic carbocycles. The molecule has 2 radical (unpaired) electrons. The van der Waals surface area contributed by atoms with Crippen LogP contribution < -0.4 is 47.6 Å². The van der Waals surface area contributed by atoms with Crippen LogP contribution in [-0.2, 0) is 21.7 Å². The topological polar surface area (TPSA) is 0 Å². The van der Waals surface area contributed by atoms with Gasteiger partial charge >= 0.3 is 21.7 Å². The molecule has 1 aliphatic carbocycles. The van der Waals surface area contributed by atoms with Gasteiger partial charge in [0, 0.05) is 9.52 Å². The number of unbranched alkanes of at least 4 members (excludes halogenated alkanes) is 2. The summed E-state index contributed by atoms with van der Waals surface area (Å²) in [6.45, 7) is 11.2. The van der Waals surface area contributed by atoms with Crippen molar-refractivity contribution in [2.75, 3.05) is 0 Å². The number of hydrogen-bond donors (Lipinski definition) is 0. The van der Waals surface area contributed by atoms with Crippen molar-refractivity contribution >= 4 is 19.9 Å². The molecule has 0 saturated carbocycles. The van der Waals surface area contributed by atoms with Crippen LogP contribution in [0.1, 0.15) is 73.3 Å². The van der Waals surface area contributed by atoms with Crippen molar-refractivity contribution in [1.29, 1.82) is 0 Å². The monoisotopic (exact) mass is 498 g/mol. The summed E-state index contributed by atoms with van der Waals surface area (Å²) in [5, 5.41) is 2.97. The Bertz CT molecular complexity index is 795. The van der Waals surface area contributed by atoms with Crippen LogP contribution in [0.25, 0.3) is 0 Å². The molecule has 2 aromatic rings. The predicted molar refractivity (Wildman–Crippen MR) is 111 cm³/mol. The predicted octanol–water partition coefficient (Wildman–Crippen LogP) is -3.95. The minimum Gasteiger partial charge on any atom is -1.00 e. The van der Waals surface area contributed by atoms with Crippen LogP contribution in [0.3, 0.4) is 0 Å². The fraction of sp³-hybridized carbons (Fsp3) is 0.417. The molecule has 0 saturated heterocycles. The fourth-order valence-electron chi connectivity index (χ4n) is 4.10. The van der Waals surface area contributed by atoms with Crippen molar-refractivity contribution in [1.82, 2.24) is 0 Å². The van der Waals surface area contributed by atoms with Gasteiger partial charge < -0.3 is 37.2 Å². The average Bonchev–Trinajstić information content (AvgIpc) is 2.88. The van der Waals surface area contributed by atoms with Gasteiger partial charge in [-0.05, 0) is 20.8 Å². The zero-order valence-electron chi connectivity index (χ0n) is 17.9. The summed E-state index contributed by atoms with van der Waals surface area (Å²) < 4.78 is 0. The van der Waals surface area contributed by atoms with Crippen LogP contribution in [0, 0.1) is 26.8 Å². The minimum absolute atomic E-state index is 0. The van der Waals surface area contributed by atoms with Gasteiger partial charge in [0.05, 0.1) is 0 Å². The second kappa shape index (κ2) is 14.1. The van der Waals surface area contributed by atoms with Gasteiger partial charge in [0.2, 0.25) is 0 Å². The van der Waals surface area contributed by atoms with Gasteiger partial charge in [0.25, 0.3) is 0 Å². The molecule has 0 amide bonds. The molecule has 0 spiro atoms. The zero-order chi connectivity index (χ0) is 18.0. The van der Waals surface area contributed by atoms with E-state index in [1.807, 2.05) is 0 Å². The molecule has 0 aliphatic heterocycles. The summed E-state index contributed by atoms with van der Waals surface area (Å²) in [5.41, 5.74) is 8.54. The van der Waals surface area contributed by atoms with Crippen molar-refractivity contribution in [2.45, 2.75) is 66.2 Å². The first kappa shape index (κ1) is 31.2. The van der Waals surface area contributed by atoms with E-state index in [-0.39, 0.29) is 58.9 Å². The van der Waals surface area contributed by atoms with Crippen LogP contribution >= 0.6 is 0 Å². The molecule has 0 fully saturated rings. The molecule has 0 heterocycles. The van der Waals surface area contributed by atoms with E-state index < -0.39 is 0 Å². The molecule has 1 atom stereocenters. The molecule has 29 heavy (non-hydrogen) atoms. The molecule has 0 bridgehead atoms. The zero-order valence-corrected chi connectivity index (χ0v) is 22.8. The van der Waals surface area contributed by atoms with Gasteiger partial charge in [0.1, 0.15) is 0 Å². The smallest absolute Gasteiger partial charge is 1.00 e. The van der Waals surface area contributed by atoms with Crippen molar-refractivity contribution in [3.8, 4) is 0 Å². The summed E-state index contributed by atoms with van der Waals surface area (Å²) in [6, 6.07) is 11.5. The largest absolute Gasteiger partial charge is 4.00 e. The second-order valence-electron chi connectivity index (χ2n) is 7.52. The van der Waals surface area contributed by atoms with E-state index in [2.05, 4.69) is 71.0 Å². The van der Waals surface area contributed by atoms with Gasteiger partial charge in [-0.25, -0.2) is 0 Å². The first-order chi connectivity index (χ1) is 12.0. The Labute approximate surface area is 213 Å². The summed E-state index contributed by atoms with van der Waals surface area (Å²) in [6.07, 6.45) is 8.96. The van der Waals surface area contributed by atoms with Crippen molar-refractivity contribution in [3.05, 3.63) is 69.8 Å². The van der Waals surface area contributed by atoms with Gasteiger partial charge in [-0.1, -0.05) is 85.5 Å². The standard InChI is InChI=1S/C24H29Si.3ClH.Ti/c1-6-7-8-10-20-17(3)15-22-21(20)11-9-12-23(22)25-24-18(4)13-16(2)14-19(24)5;;;;/h9,11-14,20H,6-8,10H2,1-5H3;3*1H;/q-1;;;;+4/p-3. The van der Waals surface area contributed by atoms with E-state index in [4.69, 9.17) is 0 Å². The molecule has 1 aliphatic rings. The Morgan fingerprint density at radius 2 is 1.55 bits per heavy atom. The molecule has 3 rings (SSSR count). The molecular weight excluding hydrogens is 471 g/mol. The number of halogens is 3. The fourth-order valence-corrected chi connectivity index (χ4v) is 5.42. The Morgan fingerprint density at radius 3 is 2.14 bits per heavy atom. The SMILES string of the molecule is CCCCCC1C(C)=[C-]c2c([Si]c3c(C)cc(C)cc3C)cccc21.[Cl-].[Cl-].[Cl-].[Ti+4]. The third kappa shape index (κ3) is 7.27. The first-order valence-corrected chi connectivity index (χ1v) is 10.6. The van der Waals surface area contributed by atoms with Gasteiger partial charge in [-0.2, -0.15) is 16.8 Å². The maximum atomic E-state index is 3.74. The van der Waals surface area contributed by atoms with E-state index in [1.54, 1.807) is 0 Å². The molecule has 1 unspecified atom stereocenters.